The number of rotatable bonds is 4. The molecule has 0 saturated heterocycles. The maximum atomic E-state index is 13.2. The Labute approximate surface area is 112 Å². The second-order valence-corrected chi connectivity index (χ2v) is 4.78. The van der Waals surface area contributed by atoms with Gasteiger partial charge < -0.3 is 10.5 Å². The van der Waals surface area contributed by atoms with Gasteiger partial charge in [0, 0.05) is 6.20 Å². The van der Waals surface area contributed by atoms with Crippen LogP contribution in [0, 0.1) is 5.82 Å². The van der Waals surface area contributed by atoms with Crippen molar-refractivity contribution in [2.24, 2.45) is 5.73 Å². The number of pyridine rings is 1. The Balaban J connectivity index is 2.32. The molecular formula is C15H17FN2O. The summed E-state index contributed by atoms with van der Waals surface area (Å²) in [6.45, 7) is 1.86. The van der Waals surface area contributed by atoms with Crippen molar-refractivity contribution >= 4 is 0 Å². The molecule has 1 aromatic carbocycles. The zero-order valence-corrected chi connectivity index (χ0v) is 11.1. The third-order valence-electron chi connectivity index (χ3n) is 2.99. The van der Waals surface area contributed by atoms with Gasteiger partial charge in [0.05, 0.1) is 12.6 Å². The molecule has 0 fully saturated rings. The summed E-state index contributed by atoms with van der Waals surface area (Å²) < 4.78 is 18.5. The summed E-state index contributed by atoms with van der Waals surface area (Å²) in [6, 6.07) is 10.0. The number of nitrogens with two attached hydrogens (primary N) is 1. The molecule has 4 heteroatoms. The first kappa shape index (κ1) is 13.5. The summed E-state index contributed by atoms with van der Waals surface area (Å²) >= 11 is 0. The van der Waals surface area contributed by atoms with Gasteiger partial charge in [0.15, 0.2) is 0 Å². The third-order valence-corrected chi connectivity index (χ3v) is 2.99. The van der Waals surface area contributed by atoms with Gasteiger partial charge in [-0.25, -0.2) is 4.39 Å². The van der Waals surface area contributed by atoms with E-state index in [0.717, 1.165) is 5.56 Å². The molecule has 100 valence electrons. The van der Waals surface area contributed by atoms with Gasteiger partial charge in [-0.05, 0) is 43.2 Å². The SMILES string of the molecule is COc1cccnc1C(C)(N)Cc1cccc(F)c1. The largest absolute Gasteiger partial charge is 0.495 e. The fraction of sp³-hybridized carbons (Fsp3) is 0.267. The number of ether oxygens (including phenoxy) is 1. The van der Waals surface area contributed by atoms with Crippen LogP contribution in [0.3, 0.4) is 0 Å². The minimum atomic E-state index is -0.722. The minimum absolute atomic E-state index is 0.263. The number of aromatic nitrogens is 1. The molecule has 1 aromatic heterocycles. The van der Waals surface area contributed by atoms with E-state index < -0.39 is 5.54 Å². The summed E-state index contributed by atoms with van der Waals surface area (Å²) in [7, 11) is 1.58. The standard InChI is InChI=1S/C15H17FN2O/c1-15(17,10-11-5-3-6-12(16)9-11)14-13(19-2)7-4-8-18-14/h3-9H,10,17H2,1-2H3. The van der Waals surface area contributed by atoms with Crippen molar-refractivity contribution in [2.45, 2.75) is 18.9 Å². The lowest BCUT2D eigenvalue weighted by atomic mass is 9.89. The minimum Gasteiger partial charge on any atom is -0.495 e. The van der Waals surface area contributed by atoms with Crippen LogP contribution >= 0.6 is 0 Å². The summed E-state index contributed by atoms with van der Waals surface area (Å²) in [5, 5.41) is 0. The van der Waals surface area contributed by atoms with Crippen molar-refractivity contribution in [3.05, 3.63) is 59.7 Å². The van der Waals surface area contributed by atoms with E-state index in [1.807, 2.05) is 19.1 Å². The van der Waals surface area contributed by atoms with Crippen LogP contribution in [-0.4, -0.2) is 12.1 Å². The molecule has 19 heavy (non-hydrogen) atoms. The molecule has 0 aliphatic rings. The first-order valence-electron chi connectivity index (χ1n) is 6.06. The van der Waals surface area contributed by atoms with E-state index in [9.17, 15) is 4.39 Å². The van der Waals surface area contributed by atoms with Crippen LogP contribution in [0.4, 0.5) is 4.39 Å². The van der Waals surface area contributed by atoms with Gasteiger partial charge in [0.2, 0.25) is 0 Å². The van der Waals surface area contributed by atoms with Crippen LogP contribution in [0.2, 0.25) is 0 Å². The van der Waals surface area contributed by atoms with E-state index in [4.69, 9.17) is 10.5 Å². The monoisotopic (exact) mass is 260 g/mol. The van der Waals surface area contributed by atoms with Crippen molar-refractivity contribution in [2.75, 3.05) is 7.11 Å². The third kappa shape index (κ3) is 3.09. The normalized spacial score (nSPS) is 13.9. The predicted molar refractivity (Wildman–Crippen MR) is 72.4 cm³/mol. The molecule has 0 saturated carbocycles. The number of hydrogen-bond acceptors (Lipinski definition) is 3. The first-order valence-corrected chi connectivity index (χ1v) is 6.06. The fourth-order valence-electron chi connectivity index (χ4n) is 2.14. The van der Waals surface area contributed by atoms with E-state index in [1.54, 1.807) is 25.4 Å². The zero-order chi connectivity index (χ0) is 13.9. The number of nitrogens with zero attached hydrogens (tertiary/aromatic N) is 1. The van der Waals surface area contributed by atoms with Gasteiger partial charge in [-0.3, -0.25) is 4.98 Å². The molecule has 1 heterocycles. The molecule has 0 aliphatic heterocycles. The number of halogens is 1. The predicted octanol–water partition coefficient (Wildman–Crippen LogP) is 2.65. The molecule has 0 amide bonds. The first-order chi connectivity index (χ1) is 9.03. The van der Waals surface area contributed by atoms with Crippen LogP contribution in [0.5, 0.6) is 5.75 Å². The molecule has 1 atom stereocenters. The van der Waals surface area contributed by atoms with Crippen molar-refractivity contribution in [3.8, 4) is 5.75 Å². The summed E-state index contributed by atoms with van der Waals surface area (Å²) in [4.78, 5) is 4.30. The van der Waals surface area contributed by atoms with E-state index in [-0.39, 0.29) is 5.82 Å². The lowest BCUT2D eigenvalue weighted by Gasteiger charge is -2.25. The van der Waals surface area contributed by atoms with Crippen molar-refractivity contribution in [1.82, 2.24) is 4.98 Å². The topological polar surface area (TPSA) is 48.1 Å². The Hall–Kier alpha value is -1.94. The van der Waals surface area contributed by atoms with E-state index >= 15 is 0 Å². The quantitative estimate of drug-likeness (QED) is 0.919. The van der Waals surface area contributed by atoms with E-state index in [1.165, 1.54) is 12.1 Å². The maximum Gasteiger partial charge on any atom is 0.142 e. The number of hydrogen-bond donors (Lipinski definition) is 1. The highest BCUT2D eigenvalue weighted by atomic mass is 19.1. The summed E-state index contributed by atoms with van der Waals surface area (Å²) in [6.07, 6.45) is 2.16. The molecule has 1 unspecified atom stereocenters. The van der Waals surface area contributed by atoms with Gasteiger partial charge in [-0.15, -0.1) is 0 Å². The maximum absolute atomic E-state index is 13.2. The Morgan fingerprint density at radius 1 is 1.32 bits per heavy atom. The average molecular weight is 260 g/mol. The van der Waals surface area contributed by atoms with E-state index in [2.05, 4.69) is 4.98 Å². The Morgan fingerprint density at radius 2 is 2.11 bits per heavy atom. The lowest BCUT2D eigenvalue weighted by Crippen LogP contribution is -2.36. The van der Waals surface area contributed by atoms with Gasteiger partial charge in [0.25, 0.3) is 0 Å². The Morgan fingerprint density at radius 3 is 2.79 bits per heavy atom. The number of methoxy groups -OCH3 is 1. The van der Waals surface area contributed by atoms with Crippen molar-refractivity contribution in [1.29, 1.82) is 0 Å². The smallest absolute Gasteiger partial charge is 0.142 e. The van der Waals surface area contributed by atoms with Crippen LogP contribution < -0.4 is 10.5 Å². The van der Waals surface area contributed by atoms with Crippen LogP contribution in [0.25, 0.3) is 0 Å². The second kappa shape index (κ2) is 5.36. The average Bonchev–Trinajstić information content (AvgIpc) is 2.38. The summed E-state index contributed by atoms with van der Waals surface area (Å²) in [5.41, 5.74) is 7.11. The van der Waals surface area contributed by atoms with Gasteiger partial charge >= 0.3 is 0 Å². The molecular weight excluding hydrogens is 243 g/mol. The fourth-order valence-corrected chi connectivity index (χ4v) is 2.14. The van der Waals surface area contributed by atoms with Crippen LogP contribution in [-0.2, 0) is 12.0 Å². The highest BCUT2D eigenvalue weighted by Gasteiger charge is 2.27. The lowest BCUT2D eigenvalue weighted by molar-refractivity contribution is 0.378. The molecule has 2 aromatic rings. The van der Waals surface area contributed by atoms with Gasteiger partial charge in [-0.2, -0.15) is 0 Å². The molecule has 2 rings (SSSR count). The summed E-state index contributed by atoms with van der Waals surface area (Å²) in [5.74, 6) is 0.380. The molecule has 0 bridgehead atoms. The van der Waals surface area contributed by atoms with E-state index in [0.29, 0.717) is 17.9 Å². The second-order valence-electron chi connectivity index (χ2n) is 4.78. The highest BCUT2D eigenvalue weighted by molar-refractivity contribution is 5.34. The van der Waals surface area contributed by atoms with Gasteiger partial charge in [-0.1, -0.05) is 12.1 Å². The van der Waals surface area contributed by atoms with Gasteiger partial charge in [0.1, 0.15) is 17.3 Å². The van der Waals surface area contributed by atoms with Crippen LogP contribution in [0.15, 0.2) is 42.6 Å². The number of benzene rings is 1. The Kier molecular flexibility index (Phi) is 3.81. The molecule has 2 N–H and O–H groups in total. The van der Waals surface area contributed by atoms with Crippen molar-refractivity contribution in [3.63, 3.8) is 0 Å². The molecule has 0 spiro atoms. The molecule has 0 aliphatic carbocycles. The Bertz CT molecular complexity index is 570. The molecule has 3 nitrogen and oxygen atoms in total. The van der Waals surface area contributed by atoms with Crippen molar-refractivity contribution < 1.29 is 9.13 Å². The zero-order valence-electron chi connectivity index (χ0n) is 11.1. The molecule has 0 radical (unpaired) electrons. The highest BCUT2D eigenvalue weighted by Crippen LogP contribution is 2.28. The van der Waals surface area contributed by atoms with Crippen LogP contribution in [0.1, 0.15) is 18.2 Å².